The van der Waals surface area contributed by atoms with E-state index in [4.69, 9.17) is 4.74 Å². The molecular formula is C18H28N4O2. The van der Waals surface area contributed by atoms with Gasteiger partial charge in [0.2, 0.25) is 0 Å². The highest BCUT2D eigenvalue weighted by atomic mass is 16.5. The molecule has 0 radical (unpaired) electrons. The maximum atomic E-state index is 13.1. The fourth-order valence-electron chi connectivity index (χ4n) is 3.87. The third-order valence-electron chi connectivity index (χ3n) is 5.59. The summed E-state index contributed by atoms with van der Waals surface area (Å²) >= 11 is 0. The van der Waals surface area contributed by atoms with Crippen LogP contribution in [0.1, 0.15) is 55.1 Å². The van der Waals surface area contributed by atoms with Crippen LogP contribution in [-0.4, -0.2) is 71.1 Å². The van der Waals surface area contributed by atoms with Gasteiger partial charge in [0.15, 0.2) is 0 Å². The van der Waals surface area contributed by atoms with Crippen molar-refractivity contribution in [1.82, 2.24) is 19.8 Å². The van der Waals surface area contributed by atoms with E-state index in [-0.39, 0.29) is 17.4 Å². The Bertz CT molecular complexity index is 584. The Morgan fingerprint density at radius 2 is 1.96 bits per heavy atom. The van der Waals surface area contributed by atoms with E-state index in [0.717, 1.165) is 57.8 Å². The van der Waals surface area contributed by atoms with E-state index in [1.165, 1.54) is 6.33 Å². The van der Waals surface area contributed by atoms with Crippen molar-refractivity contribution in [3.05, 3.63) is 23.8 Å². The largest absolute Gasteiger partial charge is 0.381 e. The lowest BCUT2D eigenvalue weighted by molar-refractivity contribution is -0.0158. The molecule has 6 nitrogen and oxygen atoms in total. The molecule has 6 heteroatoms. The summed E-state index contributed by atoms with van der Waals surface area (Å²) in [4.78, 5) is 25.9. The number of carbonyl (C=O) groups excluding carboxylic acids is 1. The van der Waals surface area contributed by atoms with E-state index in [2.05, 4.69) is 35.8 Å². The van der Waals surface area contributed by atoms with Gasteiger partial charge in [-0.25, -0.2) is 9.97 Å². The second-order valence-electron chi connectivity index (χ2n) is 7.28. The van der Waals surface area contributed by atoms with Crippen molar-refractivity contribution in [1.29, 1.82) is 0 Å². The predicted molar refractivity (Wildman–Crippen MR) is 92.1 cm³/mol. The van der Waals surface area contributed by atoms with Crippen LogP contribution in [0, 0.1) is 0 Å². The molecule has 0 saturated carbocycles. The number of nitrogens with zero attached hydrogens (tertiary/aromatic N) is 4. The third kappa shape index (κ3) is 3.30. The molecule has 0 aliphatic carbocycles. The molecular weight excluding hydrogens is 304 g/mol. The number of hydrogen-bond donors (Lipinski definition) is 0. The van der Waals surface area contributed by atoms with Crippen molar-refractivity contribution in [2.24, 2.45) is 0 Å². The van der Waals surface area contributed by atoms with Crippen LogP contribution in [0.5, 0.6) is 0 Å². The Morgan fingerprint density at radius 1 is 1.21 bits per heavy atom. The van der Waals surface area contributed by atoms with Gasteiger partial charge in [-0.05, 0) is 32.2 Å². The minimum Gasteiger partial charge on any atom is -0.381 e. The van der Waals surface area contributed by atoms with Crippen LogP contribution in [0.15, 0.2) is 12.5 Å². The Balaban J connectivity index is 1.78. The molecule has 1 aromatic rings. The molecule has 0 unspecified atom stereocenters. The molecule has 0 N–H and O–H groups in total. The number of likely N-dealkylation sites (N-methyl/N-ethyl adjacent to an activating group) is 1. The summed E-state index contributed by atoms with van der Waals surface area (Å²) < 4.78 is 5.55. The maximum Gasteiger partial charge on any atom is 0.257 e. The fraction of sp³-hybridized carbons (Fsp3) is 0.722. The SMILES string of the molecule is CC(C)c1ncncc1C(=O)N1CCN(C)C2(CCOCC2)CC1. The zero-order valence-corrected chi connectivity index (χ0v) is 15.0. The highest BCUT2D eigenvalue weighted by Crippen LogP contribution is 2.32. The summed E-state index contributed by atoms with van der Waals surface area (Å²) in [6.45, 7) is 8.21. The summed E-state index contributed by atoms with van der Waals surface area (Å²) in [5, 5.41) is 0. The first kappa shape index (κ1) is 17.3. The van der Waals surface area contributed by atoms with Crippen LogP contribution in [0.25, 0.3) is 0 Å². The van der Waals surface area contributed by atoms with Crippen molar-refractivity contribution in [3.63, 3.8) is 0 Å². The maximum absolute atomic E-state index is 13.1. The Labute approximate surface area is 144 Å². The van der Waals surface area contributed by atoms with E-state index >= 15 is 0 Å². The van der Waals surface area contributed by atoms with Gasteiger partial charge in [0.25, 0.3) is 5.91 Å². The third-order valence-corrected chi connectivity index (χ3v) is 5.59. The number of ether oxygens (including phenoxy) is 1. The number of carbonyl (C=O) groups is 1. The lowest BCUT2D eigenvalue weighted by Crippen LogP contribution is -2.50. The van der Waals surface area contributed by atoms with Crippen LogP contribution in [0.4, 0.5) is 0 Å². The minimum atomic E-state index is 0.0665. The zero-order chi connectivity index (χ0) is 17.2. The normalized spacial score (nSPS) is 21.9. The standard InChI is InChI=1S/C18H28N4O2/c1-14(2)16-15(12-19-13-20-16)17(23)22-7-4-18(21(3)8-9-22)5-10-24-11-6-18/h12-14H,4-11H2,1-3H3. The zero-order valence-electron chi connectivity index (χ0n) is 15.0. The highest BCUT2D eigenvalue weighted by Gasteiger charge is 2.39. The molecule has 132 valence electrons. The van der Waals surface area contributed by atoms with Crippen molar-refractivity contribution >= 4 is 5.91 Å². The second-order valence-corrected chi connectivity index (χ2v) is 7.28. The average molecular weight is 332 g/mol. The number of rotatable bonds is 2. The lowest BCUT2D eigenvalue weighted by Gasteiger charge is -2.43. The molecule has 3 heterocycles. The van der Waals surface area contributed by atoms with E-state index < -0.39 is 0 Å². The molecule has 3 rings (SSSR count). The van der Waals surface area contributed by atoms with Crippen molar-refractivity contribution in [3.8, 4) is 0 Å². The van der Waals surface area contributed by atoms with Crippen molar-refractivity contribution in [2.45, 2.75) is 44.6 Å². The fourth-order valence-corrected chi connectivity index (χ4v) is 3.87. The molecule has 1 spiro atoms. The Kier molecular flexibility index (Phi) is 5.15. The molecule has 2 saturated heterocycles. The predicted octanol–water partition coefficient (Wildman–Crippen LogP) is 1.93. The molecule has 0 atom stereocenters. The van der Waals surface area contributed by atoms with Gasteiger partial charge in [0.1, 0.15) is 6.33 Å². The molecule has 0 aromatic carbocycles. The summed E-state index contributed by atoms with van der Waals surface area (Å²) in [7, 11) is 2.18. The van der Waals surface area contributed by atoms with Crippen LogP contribution in [0.2, 0.25) is 0 Å². The first-order chi connectivity index (χ1) is 11.5. The lowest BCUT2D eigenvalue weighted by atomic mass is 9.85. The topological polar surface area (TPSA) is 58.6 Å². The van der Waals surface area contributed by atoms with Gasteiger partial charge in [-0.2, -0.15) is 0 Å². The van der Waals surface area contributed by atoms with Crippen molar-refractivity contribution < 1.29 is 9.53 Å². The average Bonchev–Trinajstić information content (AvgIpc) is 2.75. The molecule has 0 bridgehead atoms. The van der Waals surface area contributed by atoms with E-state index in [0.29, 0.717) is 5.56 Å². The Hall–Kier alpha value is -1.53. The van der Waals surface area contributed by atoms with Gasteiger partial charge in [-0.1, -0.05) is 13.8 Å². The molecule has 2 aliphatic rings. The summed E-state index contributed by atoms with van der Waals surface area (Å²) in [5.74, 6) is 0.278. The minimum absolute atomic E-state index is 0.0665. The number of hydrogen-bond acceptors (Lipinski definition) is 5. The van der Waals surface area contributed by atoms with Gasteiger partial charge in [-0.15, -0.1) is 0 Å². The van der Waals surface area contributed by atoms with E-state index in [1.807, 2.05) is 4.90 Å². The monoisotopic (exact) mass is 332 g/mol. The van der Waals surface area contributed by atoms with Crippen LogP contribution in [-0.2, 0) is 4.74 Å². The first-order valence-corrected chi connectivity index (χ1v) is 8.92. The number of aromatic nitrogens is 2. The summed E-state index contributed by atoms with van der Waals surface area (Å²) in [5.41, 5.74) is 1.67. The van der Waals surface area contributed by atoms with Crippen LogP contribution >= 0.6 is 0 Å². The summed E-state index contributed by atoms with van der Waals surface area (Å²) in [6.07, 6.45) is 6.31. The Morgan fingerprint density at radius 3 is 2.67 bits per heavy atom. The molecule has 24 heavy (non-hydrogen) atoms. The van der Waals surface area contributed by atoms with Gasteiger partial charge in [-0.3, -0.25) is 9.69 Å². The van der Waals surface area contributed by atoms with Crippen LogP contribution in [0.3, 0.4) is 0 Å². The van der Waals surface area contributed by atoms with Crippen molar-refractivity contribution in [2.75, 3.05) is 39.9 Å². The van der Waals surface area contributed by atoms with Gasteiger partial charge in [0.05, 0.1) is 11.3 Å². The summed E-state index contributed by atoms with van der Waals surface area (Å²) in [6, 6.07) is 0. The van der Waals surface area contributed by atoms with Gasteiger partial charge >= 0.3 is 0 Å². The smallest absolute Gasteiger partial charge is 0.257 e. The quantitative estimate of drug-likeness (QED) is 0.828. The molecule has 2 aliphatic heterocycles. The van der Waals surface area contributed by atoms with E-state index in [1.54, 1.807) is 6.20 Å². The van der Waals surface area contributed by atoms with E-state index in [9.17, 15) is 4.79 Å². The molecule has 2 fully saturated rings. The van der Waals surface area contributed by atoms with Gasteiger partial charge < -0.3 is 9.64 Å². The molecule has 1 amide bonds. The van der Waals surface area contributed by atoms with Crippen LogP contribution < -0.4 is 0 Å². The molecule has 1 aromatic heterocycles. The van der Waals surface area contributed by atoms with Gasteiger partial charge in [0, 0.05) is 44.6 Å². The number of amides is 1. The first-order valence-electron chi connectivity index (χ1n) is 8.92. The highest BCUT2D eigenvalue weighted by molar-refractivity contribution is 5.95. The second kappa shape index (κ2) is 7.15.